The molecule has 1 aliphatic rings. The van der Waals surface area contributed by atoms with Crippen molar-refractivity contribution in [2.24, 2.45) is 0 Å². The molecular formula is C29H32N8O2. The van der Waals surface area contributed by atoms with Crippen molar-refractivity contribution in [2.75, 3.05) is 68.2 Å². The van der Waals surface area contributed by atoms with Gasteiger partial charge in [0.2, 0.25) is 11.9 Å². The van der Waals surface area contributed by atoms with Gasteiger partial charge >= 0.3 is 0 Å². The minimum absolute atomic E-state index is 0.197. The number of nitrogens with one attached hydrogen (secondary N) is 2. The van der Waals surface area contributed by atoms with E-state index in [9.17, 15) is 4.79 Å². The third-order valence-electron chi connectivity index (χ3n) is 6.29. The van der Waals surface area contributed by atoms with Crippen LogP contribution in [0.25, 0.3) is 22.2 Å². The van der Waals surface area contributed by atoms with Gasteiger partial charge < -0.3 is 30.9 Å². The summed E-state index contributed by atoms with van der Waals surface area (Å²) in [6, 6.07) is 17.4. The average Bonchev–Trinajstić information content (AvgIpc) is 2.94. The van der Waals surface area contributed by atoms with Gasteiger partial charge in [-0.3, -0.25) is 9.78 Å². The zero-order valence-electron chi connectivity index (χ0n) is 22.1. The topological polar surface area (TPSA) is 122 Å². The lowest BCUT2D eigenvalue weighted by molar-refractivity contribution is -0.111. The van der Waals surface area contributed by atoms with Gasteiger partial charge in [0.15, 0.2) is 0 Å². The Labute approximate surface area is 227 Å². The number of aromatic nitrogens is 3. The van der Waals surface area contributed by atoms with E-state index >= 15 is 0 Å². The number of pyridine rings is 1. The number of hydrogen-bond donors (Lipinski definition) is 3. The van der Waals surface area contributed by atoms with E-state index in [0.29, 0.717) is 40.6 Å². The second-order valence-corrected chi connectivity index (χ2v) is 9.49. The number of amides is 1. The maximum absolute atomic E-state index is 12.3. The number of nitrogens with two attached hydrogens (primary N) is 1. The summed E-state index contributed by atoms with van der Waals surface area (Å²) in [5, 5.41) is 6.88. The highest BCUT2D eigenvalue weighted by molar-refractivity contribution is 6.01. The molecule has 1 saturated heterocycles. The first-order chi connectivity index (χ1) is 19.0. The van der Waals surface area contributed by atoms with Crippen molar-refractivity contribution in [3.8, 4) is 11.3 Å². The maximum atomic E-state index is 12.3. The molecule has 0 radical (unpaired) electrons. The standard InChI is InChI=1S/C29H32N8O2/c1-36(2)14-4-7-25(38)32-22-6-3-5-20(19-22)26-27-24(12-13-31-26)28(30)35-29(34-27)33-21-8-10-23(11-9-21)37-15-17-39-18-16-37/h3-13,19H,14-18H2,1-2H3,(H,32,38)(H3,30,33,34,35). The van der Waals surface area contributed by atoms with E-state index in [1.807, 2.05) is 61.5 Å². The average molecular weight is 525 g/mol. The number of anilines is 5. The molecule has 3 heterocycles. The second-order valence-electron chi connectivity index (χ2n) is 9.49. The smallest absolute Gasteiger partial charge is 0.248 e. The summed E-state index contributed by atoms with van der Waals surface area (Å²) in [6.45, 7) is 3.92. The van der Waals surface area contributed by atoms with Gasteiger partial charge in [0.05, 0.1) is 18.9 Å². The highest BCUT2D eigenvalue weighted by Crippen LogP contribution is 2.30. The molecule has 0 spiro atoms. The van der Waals surface area contributed by atoms with E-state index in [1.54, 1.807) is 12.3 Å². The SMILES string of the molecule is CN(C)CC=CC(=O)Nc1cccc(-c2nccc3c(N)nc(Nc4ccc(N5CCOCC5)cc4)nc23)c1. The monoisotopic (exact) mass is 524 g/mol. The fourth-order valence-corrected chi connectivity index (χ4v) is 4.35. The van der Waals surface area contributed by atoms with Crippen LogP contribution in [-0.4, -0.2) is 72.7 Å². The van der Waals surface area contributed by atoms with Gasteiger partial charge in [-0.1, -0.05) is 18.2 Å². The van der Waals surface area contributed by atoms with Crippen molar-refractivity contribution in [1.82, 2.24) is 19.9 Å². The first-order valence-electron chi connectivity index (χ1n) is 12.8. The van der Waals surface area contributed by atoms with E-state index in [4.69, 9.17) is 15.5 Å². The molecule has 10 heteroatoms. The minimum Gasteiger partial charge on any atom is -0.383 e. The van der Waals surface area contributed by atoms with Crippen LogP contribution in [-0.2, 0) is 9.53 Å². The number of carbonyl (C=O) groups is 1. The molecule has 5 rings (SSSR count). The fourth-order valence-electron chi connectivity index (χ4n) is 4.35. The molecule has 200 valence electrons. The highest BCUT2D eigenvalue weighted by atomic mass is 16.5. The lowest BCUT2D eigenvalue weighted by atomic mass is 10.1. The number of rotatable bonds is 8. The first kappa shape index (κ1) is 26.1. The number of carbonyl (C=O) groups excluding carboxylic acids is 1. The summed E-state index contributed by atoms with van der Waals surface area (Å²) in [6.07, 6.45) is 5.03. The lowest BCUT2D eigenvalue weighted by Crippen LogP contribution is -2.36. The largest absolute Gasteiger partial charge is 0.383 e. The molecule has 0 saturated carbocycles. The molecule has 10 nitrogen and oxygen atoms in total. The number of ether oxygens (including phenoxy) is 1. The number of morpholine rings is 1. The summed E-state index contributed by atoms with van der Waals surface area (Å²) in [7, 11) is 3.89. The van der Waals surface area contributed by atoms with Crippen LogP contribution < -0.4 is 21.3 Å². The third-order valence-corrected chi connectivity index (χ3v) is 6.29. The summed E-state index contributed by atoms with van der Waals surface area (Å²) in [5.74, 6) is 0.535. The van der Waals surface area contributed by atoms with Gasteiger partial charge in [0.25, 0.3) is 0 Å². The van der Waals surface area contributed by atoms with Crippen molar-refractivity contribution in [2.45, 2.75) is 0 Å². The molecule has 0 aliphatic carbocycles. The fraction of sp³-hybridized carbons (Fsp3) is 0.241. The van der Waals surface area contributed by atoms with E-state index in [-0.39, 0.29) is 5.91 Å². The summed E-state index contributed by atoms with van der Waals surface area (Å²) in [5.41, 5.74) is 11.1. The molecule has 4 N–H and O–H groups in total. The highest BCUT2D eigenvalue weighted by Gasteiger charge is 2.14. The number of likely N-dealkylation sites (N-methyl/N-ethyl adjacent to an activating group) is 1. The van der Waals surface area contributed by atoms with E-state index in [0.717, 1.165) is 43.2 Å². The van der Waals surface area contributed by atoms with Crippen molar-refractivity contribution in [3.05, 3.63) is 72.9 Å². The predicted octanol–water partition coefficient (Wildman–Crippen LogP) is 3.91. The van der Waals surface area contributed by atoms with E-state index in [2.05, 4.69) is 37.6 Å². The number of nitrogen functional groups attached to an aromatic ring is 1. The van der Waals surface area contributed by atoms with Gasteiger partial charge in [-0.2, -0.15) is 4.98 Å². The number of nitrogens with zero attached hydrogens (tertiary/aromatic N) is 5. The molecule has 0 atom stereocenters. The molecule has 2 aromatic heterocycles. The Morgan fingerprint density at radius 3 is 2.64 bits per heavy atom. The molecule has 39 heavy (non-hydrogen) atoms. The summed E-state index contributed by atoms with van der Waals surface area (Å²) < 4.78 is 5.45. The number of benzene rings is 2. The van der Waals surface area contributed by atoms with Crippen LogP contribution in [0.3, 0.4) is 0 Å². The van der Waals surface area contributed by atoms with Gasteiger partial charge in [0.1, 0.15) is 11.3 Å². The Hall–Kier alpha value is -4.54. The van der Waals surface area contributed by atoms with Crippen molar-refractivity contribution < 1.29 is 9.53 Å². The van der Waals surface area contributed by atoms with Crippen LogP contribution in [0.4, 0.5) is 28.8 Å². The molecule has 2 aromatic carbocycles. The molecule has 1 aliphatic heterocycles. The predicted molar refractivity (Wildman–Crippen MR) is 156 cm³/mol. The second kappa shape index (κ2) is 11.9. The normalized spacial score (nSPS) is 13.8. The van der Waals surface area contributed by atoms with Crippen LogP contribution in [0.5, 0.6) is 0 Å². The minimum atomic E-state index is -0.197. The lowest BCUT2D eigenvalue weighted by Gasteiger charge is -2.28. The van der Waals surface area contributed by atoms with E-state index in [1.165, 1.54) is 6.08 Å². The zero-order valence-corrected chi connectivity index (χ0v) is 22.1. The number of fused-ring (bicyclic) bond motifs is 1. The zero-order chi connectivity index (χ0) is 27.2. The summed E-state index contributed by atoms with van der Waals surface area (Å²) in [4.78, 5) is 30.5. The Morgan fingerprint density at radius 1 is 1.08 bits per heavy atom. The van der Waals surface area contributed by atoms with Gasteiger partial charge in [-0.25, -0.2) is 4.98 Å². The van der Waals surface area contributed by atoms with Crippen LogP contribution in [0.2, 0.25) is 0 Å². The van der Waals surface area contributed by atoms with Gasteiger partial charge in [-0.05, 0) is 56.6 Å². The Balaban J connectivity index is 1.39. The number of hydrogen-bond acceptors (Lipinski definition) is 9. The summed E-state index contributed by atoms with van der Waals surface area (Å²) >= 11 is 0. The molecule has 0 unspecified atom stereocenters. The Morgan fingerprint density at radius 2 is 1.87 bits per heavy atom. The van der Waals surface area contributed by atoms with E-state index < -0.39 is 0 Å². The van der Waals surface area contributed by atoms with Crippen molar-refractivity contribution in [3.63, 3.8) is 0 Å². The molecule has 1 amide bonds. The molecule has 0 bridgehead atoms. The van der Waals surface area contributed by atoms with Crippen molar-refractivity contribution in [1.29, 1.82) is 0 Å². The van der Waals surface area contributed by atoms with Crippen LogP contribution in [0.15, 0.2) is 72.9 Å². The first-order valence-corrected chi connectivity index (χ1v) is 12.8. The Bertz CT molecular complexity index is 1480. The van der Waals surface area contributed by atoms with Gasteiger partial charge in [-0.15, -0.1) is 0 Å². The third kappa shape index (κ3) is 6.49. The van der Waals surface area contributed by atoms with Crippen LogP contribution in [0.1, 0.15) is 0 Å². The molecule has 4 aromatic rings. The van der Waals surface area contributed by atoms with Gasteiger partial charge in [0, 0.05) is 59.9 Å². The quantitative estimate of drug-likeness (QED) is 0.295. The maximum Gasteiger partial charge on any atom is 0.248 e. The van der Waals surface area contributed by atoms with Crippen LogP contribution in [0, 0.1) is 0 Å². The molecule has 1 fully saturated rings. The van der Waals surface area contributed by atoms with Crippen molar-refractivity contribution >= 4 is 45.6 Å². The van der Waals surface area contributed by atoms with Crippen LogP contribution >= 0.6 is 0 Å². The Kier molecular flexibility index (Phi) is 7.95. The molecular weight excluding hydrogens is 492 g/mol.